The summed E-state index contributed by atoms with van der Waals surface area (Å²) in [5.41, 5.74) is 4.58. The highest BCUT2D eigenvalue weighted by molar-refractivity contribution is 5.94. The second-order valence-electron chi connectivity index (χ2n) is 7.52. The molecule has 1 aliphatic heterocycles. The fourth-order valence-corrected chi connectivity index (χ4v) is 4.20. The number of pyridine rings is 1. The molecule has 0 aromatic carbocycles. The summed E-state index contributed by atoms with van der Waals surface area (Å²) in [6.45, 7) is 1.82. The maximum absolute atomic E-state index is 5.33. The van der Waals surface area contributed by atoms with Crippen LogP contribution >= 0.6 is 0 Å². The van der Waals surface area contributed by atoms with E-state index >= 15 is 0 Å². The van der Waals surface area contributed by atoms with Gasteiger partial charge in [-0.25, -0.2) is 9.50 Å². The van der Waals surface area contributed by atoms with Crippen molar-refractivity contribution in [1.29, 1.82) is 0 Å². The highest BCUT2D eigenvalue weighted by Crippen LogP contribution is 2.47. The Bertz CT molecular complexity index is 1130. The molecule has 2 aliphatic rings. The molecule has 0 atom stereocenters. The van der Waals surface area contributed by atoms with Gasteiger partial charge in [-0.15, -0.1) is 0 Å². The van der Waals surface area contributed by atoms with Crippen LogP contribution in [0.5, 0.6) is 0 Å². The lowest BCUT2D eigenvalue weighted by atomic mass is 9.64. The molecule has 0 radical (unpaired) electrons. The van der Waals surface area contributed by atoms with Gasteiger partial charge in [0, 0.05) is 50.0 Å². The van der Waals surface area contributed by atoms with Gasteiger partial charge in [0.05, 0.1) is 18.7 Å². The van der Waals surface area contributed by atoms with E-state index in [0.717, 1.165) is 53.7 Å². The van der Waals surface area contributed by atoms with Crippen LogP contribution in [0.15, 0.2) is 43.0 Å². The van der Waals surface area contributed by atoms with E-state index in [1.54, 1.807) is 6.20 Å². The molecule has 5 heterocycles. The van der Waals surface area contributed by atoms with Crippen molar-refractivity contribution in [2.24, 2.45) is 5.41 Å². The maximum Gasteiger partial charge on any atom is 0.224 e. The average molecular weight is 350 g/mol. The van der Waals surface area contributed by atoms with E-state index in [1.807, 2.05) is 29.2 Å². The number of fused-ring (bicyclic) bond motifs is 2. The van der Waals surface area contributed by atoms with E-state index in [1.165, 1.54) is 0 Å². The van der Waals surface area contributed by atoms with Gasteiger partial charge >= 0.3 is 0 Å². The van der Waals surface area contributed by atoms with Crippen molar-refractivity contribution in [2.45, 2.75) is 18.9 Å². The summed E-state index contributed by atoms with van der Waals surface area (Å²) in [4.78, 5) is 12.5. The van der Waals surface area contributed by atoms with Crippen LogP contribution < -0.4 is 5.32 Å². The molecular formula is C19H22N6O. The van der Waals surface area contributed by atoms with Gasteiger partial charge in [0.15, 0.2) is 0 Å². The monoisotopic (exact) mass is 350 g/mol. The molecule has 4 aromatic rings. The van der Waals surface area contributed by atoms with Crippen LogP contribution in [0.2, 0.25) is 0 Å². The largest absolute Gasteiger partial charge is 0.380 e. The molecule has 26 heavy (non-hydrogen) atoms. The predicted molar refractivity (Wildman–Crippen MR) is 102 cm³/mol. The van der Waals surface area contributed by atoms with Gasteiger partial charge in [-0.2, -0.15) is 10.1 Å². The molecule has 2 N–H and O–H groups in total. The first-order valence-electron chi connectivity index (χ1n) is 8.90. The quantitative estimate of drug-likeness (QED) is 0.592. The molecule has 0 amide bonds. The third-order valence-corrected chi connectivity index (χ3v) is 5.65. The smallest absolute Gasteiger partial charge is 0.224 e. The SMILES string of the molecule is [HH].[HH].c1cc2cc(-c3c[nH]c4nc(NC5CC6(COC6)C5)ncc34)ccn2n1. The topological polar surface area (TPSA) is 80.1 Å². The number of anilines is 1. The molecule has 4 aromatic heterocycles. The number of aromatic amines is 1. The highest BCUT2D eigenvalue weighted by Gasteiger charge is 2.49. The molecule has 1 saturated carbocycles. The zero-order valence-electron chi connectivity index (χ0n) is 14.1. The fourth-order valence-electron chi connectivity index (χ4n) is 4.20. The first-order chi connectivity index (χ1) is 12.8. The zero-order valence-corrected chi connectivity index (χ0v) is 14.1. The van der Waals surface area contributed by atoms with Gasteiger partial charge in [0.2, 0.25) is 5.95 Å². The van der Waals surface area contributed by atoms with Gasteiger partial charge in [-0.05, 0) is 36.6 Å². The van der Waals surface area contributed by atoms with Crippen LogP contribution in [0.1, 0.15) is 15.7 Å². The van der Waals surface area contributed by atoms with Crippen molar-refractivity contribution in [3.8, 4) is 11.1 Å². The molecule has 0 unspecified atom stereocenters. The molecule has 7 nitrogen and oxygen atoms in total. The van der Waals surface area contributed by atoms with Crippen LogP contribution in [0.25, 0.3) is 27.7 Å². The van der Waals surface area contributed by atoms with E-state index in [-0.39, 0.29) is 2.85 Å². The minimum atomic E-state index is 0. The Balaban J connectivity index is 0.000000961. The standard InChI is InChI=1S/C19H18N6O.2H2/c1-3-22-25-4-2-12(5-14(1)25)15-8-20-17-16(15)9-21-18(24-17)23-13-6-19(7-13)10-26-11-19;;/h1-5,8-9,13H,6-7,10-11H2,(H2,20,21,23,24);2*1H. The van der Waals surface area contributed by atoms with Gasteiger partial charge in [-0.3, -0.25) is 0 Å². The summed E-state index contributed by atoms with van der Waals surface area (Å²) in [7, 11) is 0. The van der Waals surface area contributed by atoms with Crippen molar-refractivity contribution in [2.75, 3.05) is 18.5 Å². The van der Waals surface area contributed by atoms with E-state index in [2.05, 4.69) is 37.5 Å². The number of aromatic nitrogens is 5. The van der Waals surface area contributed by atoms with Crippen molar-refractivity contribution >= 4 is 22.5 Å². The van der Waals surface area contributed by atoms with Gasteiger partial charge in [0.1, 0.15) is 5.65 Å². The Morgan fingerprint density at radius 1 is 1.31 bits per heavy atom. The predicted octanol–water partition coefficient (Wildman–Crippen LogP) is 3.36. The highest BCUT2D eigenvalue weighted by atomic mass is 16.5. The van der Waals surface area contributed by atoms with Gasteiger partial charge < -0.3 is 15.0 Å². The number of H-pyrrole nitrogens is 1. The summed E-state index contributed by atoms with van der Waals surface area (Å²) in [5, 5.41) is 8.72. The summed E-state index contributed by atoms with van der Waals surface area (Å²) in [6.07, 6.45) is 9.96. The summed E-state index contributed by atoms with van der Waals surface area (Å²) >= 11 is 0. The molecule has 134 valence electrons. The van der Waals surface area contributed by atoms with Crippen LogP contribution in [-0.2, 0) is 4.74 Å². The Morgan fingerprint density at radius 2 is 2.23 bits per heavy atom. The lowest BCUT2D eigenvalue weighted by Gasteiger charge is -2.53. The lowest BCUT2D eigenvalue weighted by Crippen LogP contribution is -2.56. The third-order valence-electron chi connectivity index (χ3n) is 5.65. The van der Waals surface area contributed by atoms with Crippen LogP contribution in [0.3, 0.4) is 0 Å². The number of hydrogen-bond acceptors (Lipinski definition) is 5. The van der Waals surface area contributed by atoms with E-state index in [4.69, 9.17) is 4.74 Å². The average Bonchev–Trinajstić information content (AvgIpc) is 3.21. The minimum Gasteiger partial charge on any atom is -0.380 e. The van der Waals surface area contributed by atoms with Crippen molar-refractivity contribution in [3.05, 3.63) is 43.0 Å². The van der Waals surface area contributed by atoms with Crippen LogP contribution in [0.4, 0.5) is 5.95 Å². The Hall–Kier alpha value is -2.93. The number of ether oxygens (including phenoxy) is 1. The van der Waals surface area contributed by atoms with Crippen molar-refractivity contribution in [3.63, 3.8) is 0 Å². The summed E-state index contributed by atoms with van der Waals surface area (Å²) in [5.74, 6) is 0.692. The fraction of sp³-hybridized carbons (Fsp3) is 0.316. The molecular weight excluding hydrogens is 328 g/mol. The molecule has 7 heteroatoms. The van der Waals surface area contributed by atoms with E-state index in [9.17, 15) is 0 Å². The van der Waals surface area contributed by atoms with Crippen LogP contribution in [0, 0.1) is 5.41 Å². The van der Waals surface area contributed by atoms with E-state index in [0.29, 0.717) is 17.4 Å². The molecule has 1 spiro atoms. The maximum atomic E-state index is 5.33. The number of hydrogen-bond donors (Lipinski definition) is 2. The Labute approximate surface area is 152 Å². The molecule has 0 bridgehead atoms. The second kappa shape index (κ2) is 5.04. The third kappa shape index (κ3) is 2.07. The van der Waals surface area contributed by atoms with E-state index < -0.39 is 0 Å². The summed E-state index contributed by atoms with van der Waals surface area (Å²) < 4.78 is 7.19. The summed E-state index contributed by atoms with van der Waals surface area (Å²) in [6, 6.07) is 6.63. The number of nitrogens with zero attached hydrogens (tertiary/aromatic N) is 4. The Kier molecular flexibility index (Phi) is 2.77. The Morgan fingerprint density at radius 3 is 3.08 bits per heavy atom. The molecule has 1 aliphatic carbocycles. The first kappa shape index (κ1) is 14.3. The first-order valence-corrected chi connectivity index (χ1v) is 8.90. The minimum absolute atomic E-state index is 0. The second-order valence-corrected chi connectivity index (χ2v) is 7.52. The van der Waals surface area contributed by atoms with Gasteiger partial charge in [-0.1, -0.05) is 0 Å². The number of rotatable bonds is 3. The zero-order chi connectivity index (χ0) is 17.1. The van der Waals surface area contributed by atoms with Gasteiger partial charge in [0.25, 0.3) is 0 Å². The number of nitrogens with one attached hydrogen (secondary N) is 2. The van der Waals surface area contributed by atoms with Crippen molar-refractivity contribution in [1.82, 2.24) is 24.6 Å². The molecule has 1 saturated heterocycles. The lowest BCUT2D eigenvalue weighted by molar-refractivity contribution is -0.159. The molecule has 6 rings (SSSR count). The molecule has 2 fully saturated rings. The van der Waals surface area contributed by atoms with Crippen molar-refractivity contribution < 1.29 is 7.59 Å². The normalized spacial score (nSPS) is 18.9. The van der Waals surface area contributed by atoms with Crippen LogP contribution in [-0.4, -0.2) is 43.8 Å².